The lowest BCUT2D eigenvalue weighted by Crippen LogP contribution is -2.49. The molecule has 1 aromatic carbocycles. The highest BCUT2D eigenvalue weighted by molar-refractivity contribution is 5.92. The molecule has 5 nitrogen and oxygen atoms in total. The number of aromatic nitrogens is 2. The second-order valence-electron chi connectivity index (χ2n) is 5.60. The van der Waals surface area contributed by atoms with Gasteiger partial charge in [-0.3, -0.25) is 0 Å². The van der Waals surface area contributed by atoms with E-state index in [1.54, 1.807) is 6.33 Å². The number of likely N-dealkylation sites (tertiary alicyclic amines) is 1. The zero-order valence-corrected chi connectivity index (χ0v) is 11.9. The van der Waals surface area contributed by atoms with E-state index in [9.17, 15) is 4.79 Å². The van der Waals surface area contributed by atoms with Gasteiger partial charge in [0.1, 0.15) is 0 Å². The van der Waals surface area contributed by atoms with Gasteiger partial charge in [-0.25, -0.2) is 9.78 Å². The molecule has 2 heterocycles. The molecule has 2 unspecified atom stereocenters. The summed E-state index contributed by atoms with van der Waals surface area (Å²) in [6.45, 7) is 4.24. The van der Waals surface area contributed by atoms with Crippen molar-refractivity contribution in [2.24, 2.45) is 0 Å². The number of carbonyl (C=O) groups is 1. The maximum Gasteiger partial charge on any atom is 0.322 e. The fourth-order valence-corrected chi connectivity index (χ4v) is 3.02. The summed E-state index contributed by atoms with van der Waals surface area (Å²) in [5.41, 5.74) is 2.64. The third-order valence-corrected chi connectivity index (χ3v) is 4.10. The smallest absolute Gasteiger partial charge is 0.322 e. The van der Waals surface area contributed by atoms with E-state index in [1.165, 1.54) is 6.42 Å². The minimum Gasteiger partial charge on any atom is -0.345 e. The van der Waals surface area contributed by atoms with Crippen LogP contribution >= 0.6 is 0 Å². The lowest BCUT2D eigenvalue weighted by atomic mass is 9.98. The van der Waals surface area contributed by atoms with Gasteiger partial charge in [0.2, 0.25) is 0 Å². The van der Waals surface area contributed by atoms with E-state index < -0.39 is 0 Å². The van der Waals surface area contributed by atoms with Crippen molar-refractivity contribution in [2.45, 2.75) is 45.2 Å². The van der Waals surface area contributed by atoms with Crippen LogP contribution in [0.1, 0.15) is 33.1 Å². The predicted octanol–water partition coefficient (Wildman–Crippen LogP) is 3.36. The Morgan fingerprint density at radius 2 is 2.10 bits per heavy atom. The molecule has 1 aromatic heterocycles. The Morgan fingerprint density at radius 3 is 2.85 bits per heavy atom. The summed E-state index contributed by atoms with van der Waals surface area (Å²) in [6.07, 6.45) is 5.02. The number of hydrogen-bond donors (Lipinski definition) is 2. The van der Waals surface area contributed by atoms with Crippen LogP contribution in [0, 0.1) is 0 Å². The molecule has 20 heavy (non-hydrogen) atoms. The van der Waals surface area contributed by atoms with Gasteiger partial charge in [-0.15, -0.1) is 0 Å². The SMILES string of the molecule is CC1CCCC(C)N1C(=O)Nc1ccc2nc[nH]c2c1. The Morgan fingerprint density at radius 1 is 1.35 bits per heavy atom. The topological polar surface area (TPSA) is 61.0 Å². The zero-order chi connectivity index (χ0) is 14.1. The van der Waals surface area contributed by atoms with Crippen LogP contribution in [0.3, 0.4) is 0 Å². The van der Waals surface area contributed by atoms with Gasteiger partial charge in [0.05, 0.1) is 17.4 Å². The fourth-order valence-electron chi connectivity index (χ4n) is 3.02. The first-order chi connectivity index (χ1) is 9.65. The van der Waals surface area contributed by atoms with Crippen LogP contribution in [0.25, 0.3) is 11.0 Å². The molecule has 2 aromatic rings. The molecule has 3 rings (SSSR count). The van der Waals surface area contributed by atoms with Crippen LogP contribution in [-0.2, 0) is 0 Å². The monoisotopic (exact) mass is 272 g/mol. The van der Waals surface area contributed by atoms with Crippen molar-refractivity contribution < 1.29 is 4.79 Å². The lowest BCUT2D eigenvalue weighted by Gasteiger charge is -2.38. The number of rotatable bonds is 1. The van der Waals surface area contributed by atoms with Crippen molar-refractivity contribution in [2.75, 3.05) is 5.32 Å². The molecule has 106 valence electrons. The van der Waals surface area contributed by atoms with Crippen molar-refractivity contribution in [3.05, 3.63) is 24.5 Å². The van der Waals surface area contributed by atoms with Crippen molar-refractivity contribution in [1.82, 2.24) is 14.9 Å². The number of nitrogens with one attached hydrogen (secondary N) is 2. The van der Waals surface area contributed by atoms with Crippen molar-refractivity contribution in [3.8, 4) is 0 Å². The molecule has 0 aliphatic carbocycles. The Kier molecular flexibility index (Phi) is 3.34. The second kappa shape index (κ2) is 5.15. The number of urea groups is 1. The number of amides is 2. The summed E-state index contributed by atoms with van der Waals surface area (Å²) in [5, 5.41) is 2.99. The third-order valence-electron chi connectivity index (χ3n) is 4.10. The van der Waals surface area contributed by atoms with Gasteiger partial charge in [0.15, 0.2) is 0 Å². The van der Waals surface area contributed by atoms with Gasteiger partial charge in [0, 0.05) is 17.8 Å². The number of piperidine rings is 1. The molecular formula is C15H20N4O. The molecule has 1 saturated heterocycles. The van der Waals surface area contributed by atoms with Crippen LogP contribution in [0.4, 0.5) is 10.5 Å². The highest BCUT2D eigenvalue weighted by atomic mass is 16.2. The third kappa shape index (κ3) is 2.35. The maximum atomic E-state index is 12.5. The van der Waals surface area contributed by atoms with E-state index in [2.05, 4.69) is 29.1 Å². The first-order valence-corrected chi connectivity index (χ1v) is 7.17. The number of benzene rings is 1. The molecule has 2 amide bonds. The van der Waals surface area contributed by atoms with Gasteiger partial charge in [-0.05, 0) is 51.3 Å². The summed E-state index contributed by atoms with van der Waals surface area (Å²) in [7, 11) is 0. The molecule has 1 fully saturated rings. The molecule has 0 spiro atoms. The number of fused-ring (bicyclic) bond motifs is 1. The standard InChI is InChI=1S/C15H20N4O/c1-10-4-3-5-11(2)19(10)15(20)18-12-6-7-13-14(8-12)17-9-16-13/h6-11H,3-5H2,1-2H3,(H,16,17)(H,18,20). The van der Waals surface area contributed by atoms with Gasteiger partial charge < -0.3 is 15.2 Å². The summed E-state index contributed by atoms with van der Waals surface area (Å²) < 4.78 is 0. The number of imidazole rings is 1. The average molecular weight is 272 g/mol. The first kappa shape index (κ1) is 13.0. The number of carbonyl (C=O) groups excluding carboxylic acids is 1. The minimum atomic E-state index is -0.0106. The van der Waals surface area contributed by atoms with E-state index in [4.69, 9.17) is 0 Å². The van der Waals surface area contributed by atoms with E-state index >= 15 is 0 Å². The number of hydrogen-bond acceptors (Lipinski definition) is 2. The summed E-state index contributed by atoms with van der Waals surface area (Å²) in [4.78, 5) is 21.6. The quantitative estimate of drug-likeness (QED) is 0.836. The van der Waals surface area contributed by atoms with Crippen LogP contribution in [0.5, 0.6) is 0 Å². The van der Waals surface area contributed by atoms with Crippen molar-refractivity contribution in [3.63, 3.8) is 0 Å². The van der Waals surface area contributed by atoms with E-state index in [0.717, 1.165) is 29.6 Å². The van der Waals surface area contributed by atoms with E-state index in [0.29, 0.717) is 12.1 Å². The summed E-state index contributed by atoms with van der Waals surface area (Å²) in [5.74, 6) is 0. The zero-order valence-electron chi connectivity index (χ0n) is 11.9. The average Bonchev–Trinajstić information content (AvgIpc) is 2.85. The Bertz CT molecular complexity index is 611. The Balaban J connectivity index is 1.77. The van der Waals surface area contributed by atoms with Crippen LogP contribution < -0.4 is 5.32 Å². The number of H-pyrrole nitrogens is 1. The normalized spacial score (nSPS) is 23.0. The maximum absolute atomic E-state index is 12.5. The van der Waals surface area contributed by atoms with Crippen molar-refractivity contribution in [1.29, 1.82) is 0 Å². The van der Waals surface area contributed by atoms with Crippen LogP contribution in [0.2, 0.25) is 0 Å². The predicted molar refractivity (Wildman–Crippen MR) is 79.7 cm³/mol. The minimum absolute atomic E-state index is 0.0106. The number of nitrogens with zero attached hydrogens (tertiary/aromatic N) is 2. The number of anilines is 1. The van der Waals surface area contributed by atoms with Gasteiger partial charge in [0.25, 0.3) is 0 Å². The Hall–Kier alpha value is -2.04. The molecule has 1 aliphatic rings. The van der Waals surface area contributed by atoms with E-state index in [-0.39, 0.29) is 6.03 Å². The molecule has 0 bridgehead atoms. The molecule has 1 aliphatic heterocycles. The largest absolute Gasteiger partial charge is 0.345 e. The van der Waals surface area contributed by atoms with Crippen LogP contribution in [0.15, 0.2) is 24.5 Å². The fraction of sp³-hybridized carbons (Fsp3) is 0.467. The second-order valence-corrected chi connectivity index (χ2v) is 5.60. The van der Waals surface area contributed by atoms with Gasteiger partial charge >= 0.3 is 6.03 Å². The van der Waals surface area contributed by atoms with Gasteiger partial charge in [-0.1, -0.05) is 0 Å². The summed E-state index contributed by atoms with van der Waals surface area (Å²) in [6, 6.07) is 6.30. The molecule has 0 radical (unpaired) electrons. The molecule has 2 N–H and O–H groups in total. The van der Waals surface area contributed by atoms with E-state index in [1.807, 2.05) is 23.1 Å². The molecule has 0 saturated carbocycles. The highest BCUT2D eigenvalue weighted by Gasteiger charge is 2.28. The molecule has 5 heteroatoms. The Labute approximate surface area is 118 Å². The molecule has 2 atom stereocenters. The highest BCUT2D eigenvalue weighted by Crippen LogP contribution is 2.24. The van der Waals surface area contributed by atoms with Gasteiger partial charge in [-0.2, -0.15) is 0 Å². The van der Waals surface area contributed by atoms with Crippen molar-refractivity contribution >= 4 is 22.8 Å². The molecular weight excluding hydrogens is 252 g/mol. The van der Waals surface area contributed by atoms with Crippen LogP contribution in [-0.4, -0.2) is 33.0 Å². The number of aromatic amines is 1. The summed E-state index contributed by atoms with van der Waals surface area (Å²) >= 11 is 0. The first-order valence-electron chi connectivity index (χ1n) is 7.17. The lowest BCUT2D eigenvalue weighted by molar-refractivity contribution is 0.133.